The molecule has 0 unspecified atom stereocenters. The predicted molar refractivity (Wildman–Crippen MR) is 116 cm³/mol. The smallest absolute Gasteiger partial charge is 0.259 e. The quantitative estimate of drug-likeness (QED) is 0.503. The molecule has 5 rings (SSSR count). The molecule has 2 heterocycles. The van der Waals surface area contributed by atoms with Gasteiger partial charge in [0.05, 0.1) is 28.3 Å². The number of nitrogens with one attached hydrogen (secondary N) is 1. The van der Waals surface area contributed by atoms with Crippen molar-refractivity contribution >= 4 is 28.1 Å². The number of carbonyl (C=O) groups is 1. The highest BCUT2D eigenvalue weighted by molar-refractivity contribution is 7.16. The van der Waals surface area contributed by atoms with Crippen molar-refractivity contribution in [2.75, 3.05) is 11.1 Å². The topological polar surface area (TPSA) is 85.8 Å². The Balaban J connectivity index is 1.51. The van der Waals surface area contributed by atoms with Gasteiger partial charge in [-0.25, -0.2) is 9.67 Å². The van der Waals surface area contributed by atoms with Gasteiger partial charge in [0.25, 0.3) is 5.91 Å². The highest BCUT2D eigenvalue weighted by Gasteiger charge is 2.28. The lowest BCUT2D eigenvalue weighted by molar-refractivity contribution is 0.102. The van der Waals surface area contributed by atoms with Crippen LogP contribution < -0.4 is 11.1 Å². The average molecular weight is 401 g/mol. The van der Waals surface area contributed by atoms with E-state index in [-0.39, 0.29) is 5.91 Å². The van der Waals surface area contributed by atoms with E-state index >= 15 is 0 Å². The van der Waals surface area contributed by atoms with Gasteiger partial charge in [-0.3, -0.25) is 10.1 Å². The average Bonchev–Trinajstić information content (AvgIpc) is 3.29. The number of amides is 1. The highest BCUT2D eigenvalue weighted by atomic mass is 32.1. The van der Waals surface area contributed by atoms with E-state index in [2.05, 4.69) is 17.4 Å². The number of hydrogen-bond acceptors (Lipinski definition) is 5. The SMILES string of the molecule is Cc1nn(-c2ccccc2)c2c1-c1nc(NC(=O)c3ccccc3N)sc1CC2. The van der Waals surface area contributed by atoms with Crippen LogP contribution in [0, 0.1) is 6.92 Å². The number of carbonyl (C=O) groups excluding carboxylic acids is 1. The number of nitrogen functional groups attached to an aromatic ring is 1. The second-order valence-electron chi connectivity index (χ2n) is 6.99. The zero-order chi connectivity index (χ0) is 20.0. The van der Waals surface area contributed by atoms with E-state index < -0.39 is 0 Å². The summed E-state index contributed by atoms with van der Waals surface area (Å²) in [5, 5.41) is 8.26. The molecule has 4 aromatic rings. The molecule has 0 spiro atoms. The summed E-state index contributed by atoms with van der Waals surface area (Å²) in [6.45, 7) is 2.01. The van der Waals surface area contributed by atoms with E-state index in [9.17, 15) is 4.79 Å². The third-order valence-electron chi connectivity index (χ3n) is 5.11. The number of anilines is 2. The molecule has 6 nitrogen and oxygen atoms in total. The van der Waals surface area contributed by atoms with Crippen LogP contribution in [0.25, 0.3) is 16.9 Å². The van der Waals surface area contributed by atoms with E-state index in [4.69, 9.17) is 15.8 Å². The van der Waals surface area contributed by atoms with Gasteiger partial charge < -0.3 is 5.73 Å². The van der Waals surface area contributed by atoms with Crippen molar-refractivity contribution < 1.29 is 4.79 Å². The van der Waals surface area contributed by atoms with Crippen LogP contribution in [0.3, 0.4) is 0 Å². The minimum absolute atomic E-state index is 0.244. The van der Waals surface area contributed by atoms with Crippen molar-refractivity contribution in [3.63, 3.8) is 0 Å². The lowest BCUT2D eigenvalue weighted by atomic mass is 9.98. The van der Waals surface area contributed by atoms with Gasteiger partial charge in [0.1, 0.15) is 0 Å². The normalized spacial score (nSPS) is 12.3. The van der Waals surface area contributed by atoms with Crippen LogP contribution in [0.5, 0.6) is 0 Å². The zero-order valence-electron chi connectivity index (χ0n) is 15.8. The molecule has 0 saturated heterocycles. The molecule has 29 heavy (non-hydrogen) atoms. The Bertz CT molecular complexity index is 1230. The maximum atomic E-state index is 12.6. The van der Waals surface area contributed by atoms with Gasteiger partial charge in [-0.1, -0.05) is 30.3 Å². The molecule has 7 heteroatoms. The Morgan fingerprint density at radius 2 is 1.86 bits per heavy atom. The van der Waals surface area contributed by atoms with E-state index in [0.29, 0.717) is 16.4 Å². The van der Waals surface area contributed by atoms with Crippen LogP contribution in [0.1, 0.15) is 26.6 Å². The third kappa shape index (κ3) is 3.00. The largest absolute Gasteiger partial charge is 0.398 e. The molecule has 1 aliphatic rings. The molecule has 2 aromatic heterocycles. The Labute approximate surface area is 172 Å². The number of nitrogens with two attached hydrogens (primary N) is 1. The van der Waals surface area contributed by atoms with Gasteiger partial charge in [0, 0.05) is 16.1 Å². The first-order valence-electron chi connectivity index (χ1n) is 9.41. The Hall–Kier alpha value is -3.45. The maximum absolute atomic E-state index is 12.6. The second kappa shape index (κ2) is 6.86. The molecule has 0 bridgehead atoms. The highest BCUT2D eigenvalue weighted by Crippen LogP contribution is 2.40. The number of hydrogen-bond donors (Lipinski definition) is 2. The second-order valence-corrected chi connectivity index (χ2v) is 8.07. The maximum Gasteiger partial charge on any atom is 0.259 e. The van der Waals surface area contributed by atoms with Crippen LogP contribution in [0.15, 0.2) is 54.6 Å². The molecule has 2 aromatic carbocycles. The molecule has 0 saturated carbocycles. The monoisotopic (exact) mass is 401 g/mol. The van der Waals surface area contributed by atoms with Crippen LogP contribution in [-0.2, 0) is 12.8 Å². The van der Waals surface area contributed by atoms with Crippen molar-refractivity contribution in [2.24, 2.45) is 0 Å². The van der Waals surface area contributed by atoms with Crippen LogP contribution in [0.4, 0.5) is 10.8 Å². The number of aromatic nitrogens is 3. The molecule has 3 N–H and O–H groups in total. The standard InChI is InChI=1S/C22H19N5OS/c1-13-19-17(27(26-13)14-7-3-2-4-8-14)11-12-18-20(19)24-22(29-18)25-21(28)15-9-5-6-10-16(15)23/h2-10H,11-12,23H2,1H3,(H,24,25,28). The minimum atomic E-state index is -0.244. The summed E-state index contributed by atoms with van der Waals surface area (Å²) >= 11 is 1.52. The molecule has 0 radical (unpaired) electrons. The lowest BCUT2D eigenvalue weighted by Gasteiger charge is -2.13. The third-order valence-corrected chi connectivity index (χ3v) is 6.14. The van der Waals surface area contributed by atoms with Crippen molar-refractivity contribution in [1.29, 1.82) is 0 Å². The van der Waals surface area contributed by atoms with Crippen molar-refractivity contribution in [1.82, 2.24) is 14.8 Å². The number of rotatable bonds is 3. The Kier molecular flexibility index (Phi) is 4.17. The van der Waals surface area contributed by atoms with Crippen LogP contribution in [0.2, 0.25) is 0 Å². The van der Waals surface area contributed by atoms with Gasteiger partial charge in [-0.15, -0.1) is 11.3 Å². The molecule has 0 fully saturated rings. The summed E-state index contributed by atoms with van der Waals surface area (Å²) in [5.41, 5.74) is 12.0. The fraction of sp³-hybridized carbons (Fsp3) is 0.136. The summed E-state index contributed by atoms with van der Waals surface area (Å²) in [7, 11) is 0. The molecular weight excluding hydrogens is 382 g/mol. The first-order valence-corrected chi connectivity index (χ1v) is 10.2. The minimum Gasteiger partial charge on any atom is -0.398 e. The van der Waals surface area contributed by atoms with Crippen molar-refractivity contribution in [2.45, 2.75) is 19.8 Å². The summed E-state index contributed by atoms with van der Waals surface area (Å²) in [6.07, 6.45) is 1.76. The number of nitrogens with zero attached hydrogens (tertiary/aromatic N) is 3. The van der Waals surface area contributed by atoms with Crippen molar-refractivity contribution in [3.05, 3.63) is 76.4 Å². The molecular formula is C22H19N5OS. The van der Waals surface area contributed by atoms with E-state index in [1.165, 1.54) is 16.2 Å². The van der Waals surface area contributed by atoms with Crippen LogP contribution >= 0.6 is 11.3 Å². The molecule has 1 amide bonds. The van der Waals surface area contributed by atoms with Gasteiger partial charge >= 0.3 is 0 Å². The summed E-state index contributed by atoms with van der Waals surface area (Å²) < 4.78 is 2.01. The predicted octanol–water partition coefficient (Wildman–Crippen LogP) is 4.24. The van der Waals surface area contributed by atoms with E-state index in [1.807, 2.05) is 35.9 Å². The first-order chi connectivity index (χ1) is 14.1. The van der Waals surface area contributed by atoms with Gasteiger partial charge in [-0.05, 0) is 44.0 Å². The number of fused-ring (bicyclic) bond motifs is 3. The molecule has 0 atom stereocenters. The Morgan fingerprint density at radius 3 is 2.66 bits per heavy atom. The summed E-state index contributed by atoms with van der Waals surface area (Å²) in [5.74, 6) is -0.244. The van der Waals surface area contributed by atoms with Gasteiger partial charge in [0.15, 0.2) is 5.13 Å². The zero-order valence-corrected chi connectivity index (χ0v) is 16.7. The number of aryl methyl sites for hydroxylation is 2. The molecule has 144 valence electrons. The lowest BCUT2D eigenvalue weighted by Crippen LogP contribution is -2.13. The van der Waals surface area contributed by atoms with Crippen LogP contribution in [-0.4, -0.2) is 20.7 Å². The molecule has 0 aliphatic heterocycles. The fourth-order valence-electron chi connectivity index (χ4n) is 3.77. The number of thiazole rings is 1. The summed E-state index contributed by atoms with van der Waals surface area (Å²) in [6, 6.07) is 17.2. The Morgan fingerprint density at radius 1 is 1.10 bits per heavy atom. The number of benzene rings is 2. The van der Waals surface area contributed by atoms with Gasteiger partial charge in [0.2, 0.25) is 0 Å². The van der Waals surface area contributed by atoms with E-state index in [0.717, 1.165) is 41.2 Å². The fourth-order valence-corrected chi connectivity index (χ4v) is 4.73. The van der Waals surface area contributed by atoms with Crippen molar-refractivity contribution in [3.8, 4) is 16.9 Å². The summed E-state index contributed by atoms with van der Waals surface area (Å²) in [4.78, 5) is 18.5. The first kappa shape index (κ1) is 17.6. The van der Waals surface area contributed by atoms with E-state index in [1.54, 1.807) is 18.2 Å². The molecule has 1 aliphatic carbocycles. The number of para-hydroxylation sites is 2. The van der Waals surface area contributed by atoms with Gasteiger partial charge in [-0.2, -0.15) is 5.10 Å².